The molecule has 1 aliphatic rings. The quantitative estimate of drug-likeness (QED) is 0.478. The summed E-state index contributed by atoms with van der Waals surface area (Å²) in [5.41, 5.74) is 2.45. The van der Waals surface area contributed by atoms with Crippen molar-refractivity contribution in [3.63, 3.8) is 0 Å². The molecule has 1 fully saturated rings. The third kappa shape index (κ3) is 6.52. The van der Waals surface area contributed by atoms with Crippen molar-refractivity contribution in [1.82, 2.24) is 14.9 Å². The van der Waals surface area contributed by atoms with E-state index in [9.17, 15) is 4.79 Å². The van der Waals surface area contributed by atoms with E-state index in [1.54, 1.807) is 30.6 Å². The largest absolute Gasteiger partial charge is 0.490 e. The molecule has 0 bridgehead atoms. The summed E-state index contributed by atoms with van der Waals surface area (Å²) in [6.45, 7) is 8.10. The Hall–Kier alpha value is -2.97. The molecule has 0 radical (unpaired) electrons. The molecule has 33 heavy (non-hydrogen) atoms. The minimum atomic E-state index is -0.220. The standard InChI is InChI=1S/C25H30N4O3S/c1-3-31-23-13-20(6-7-22(23)32-16-19-5-4-10-26-14-19)24(30)28-25-27-21(17-33-25)15-29-11-8-18(2)9-12-29/h4-7,10,13-14,17-18H,3,8-9,11-12,15-16H2,1-2H3,(H,27,28,30). The van der Waals surface area contributed by atoms with E-state index in [1.807, 2.05) is 24.4 Å². The lowest BCUT2D eigenvalue weighted by atomic mass is 9.99. The number of aromatic nitrogens is 2. The average molecular weight is 467 g/mol. The second-order valence-corrected chi connectivity index (χ2v) is 9.16. The second kappa shape index (κ2) is 11.2. The molecule has 0 saturated carbocycles. The molecule has 8 heteroatoms. The number of pyridine rings is 1. The maximum absolute atomic E-state index is 12.8. The summed E-state index contributed by atoms with van der Waals surface area (Å²) >= 11 is 1.45. The number of benzene rings is 1. The highest BCUT2D eigenvalue weighted by Gasteiger charge is 2.18. The highest BCUT2D eigenvalue weighted by Crippen LogP contribution is 2.30. The smallest absolute Gasteiger partial charge is 0.257 e. The van der Waals surface area contributed by atoms with E-state index in [-0.39, 0.29) is 5.91 Å². The third-order valence-electron chi connectivity index (χ3n) is 5.66. The lowest BCUT2D eigenvalue weighted by Gasteiger charge is -2.29. The molecule has 0 unspecified atom stereocenters. The second-order valence-electron chi connectivity index (χ2n) is 8.30. The van der Waals surface area contributed by atoms with E-state index in [1.165, 1.54) is 24.2 Å². The Morgan fingerprint density at radius 3 is 2.82 bits per heavy atom. The highest BCUT2D eigenvalue weighted by molar-refractivity contribution is 7.14. The van der Waals surface area contributed by atoms with Crippen molar-refractivity contribution in [3.05, 3.63) is 64.9 Å². The zero-order valence-electron chi connectivity index (χ0n) is 19.1. The van der Waals surface area contributed by atoms with Crippen molar-refractivity contribution >= 4 is 22.4 Å². The van der Waals surface area contributed by atoms with Crippen molar-refractivity contribution in [2.45, 2.75) is 39.8 Å². The Kier molecular flexibility index (Phi) is 7.91. The third-order valence-corrected chi connectivity index (χ3v) is 6.46. The number of carbonyl (C=O) groups excluding carboxylic acids is 1. The Morgan fingerprint density at radius 2 is 2.06 bits per heavy atom. The van der Waals surface area contributed by atoms with Crippen LogP contribution in [0.25, 0.3) is 0 Å². The molecular formula is C25H30N4O3S. The van der Waals surface area contributed by atoms with Gasteiger partial charge in [0.05, 0.1) is 12.3 Å². The topological polar surface area (TPSA) is 76.6 Å². The van der Waals surface area contributed by atoms with Gasteiger partial charge in [0.15, 0.2) is 16.6 Å². The van der Waals surface area contributed by atoms with E-state index < -0.39 is 0 Å². The molecule has 1 aromatic carbocycles. The van der Waals surface area contributed by atoms with Gasteiger partial charge in [-0.2, -0.15) is 0 Å². The maximum atomic E-state index is 12.8. The highest BCUT2D eigenvalue weighted by atomic mass is 32.1. The minimum Gasteiger partial charge on any atom is -0.490 e. The first-order chi connectivity index (χ1) is 16.1. The Bertz CT molecular complexity index is 1050. The Morgan fingerprint density at radius 1 is 1.21 bits per heavy atom. The van der Waals surface area contributed by atoms with Crippen molar-refractivity contribution in [2.75, 3.05) is 25.0 Å². The number of amides is 1. The van der Waals surface area contributed by atoms with Crippen molar-refractivity contribution in [2.24, 2.45) is 5.92 Å². The molecule has 0 aliphatic carbocycles. The molecule has 0 atom stereocenters. The van der Waals surface area contributed by atoms with Crippen LogP contribution in [0.3, 0.4) is 0 Å². The number of rotatable bonds is 9. The van der Waals surface area contributed by atoms with Crippen LogP contribution in [-0.4, -0.2) is 40.5 Å². The molecule has 2 aromatic heterocycles. The fourth-order valence-electron chi connectivity index (χ4n) is 3.74. The number of likely N-dealkylation sites (tertiary alicyclic amines) is 1. The number of thiazole rings is 1. The summed E-state index contributed by atoms with van der Waals surface area (Å²) in [7, 11) is 0. The number of carbonyl (C=O) groups is 1. The maximum Gasteiger partial charge on any atom is 0.257 e. The van der Waals surface area contributed by atoms with Crippen LogP contribution in [0.4, 0.5) is 5.13 Å². The van der Waals surface area contributed by atoms with Crippen LogP contribution in [0, 0.1) is 5.92 Å². The van der Waals surface area contributed by atoms with Gasteiger partial charge in [0.25, 0.3) is 5.91 Å². The Labute approximate surface area is 198 Å². The molecule has 7 nitrogen and oxygen atoms in total. The molecular weight excluding hydrogens is 436 g/mol. The normalized spacial score (nSPS) is 14.7. The summed E-state index contributed by atoms with van der Waals surface area (Å²) in [5, 5.41) is 5.54. The number of piperidine rings is 1. The molecule has 1 N–H and O–H groups in total. The van der Waals surface area contributed by atoms with Crippen LogP contribution in [-0.2, 0) is 13.2 Å². The lowest BCUT2D eigenvalue weighted by molar-refractivity contribution is 0.102. The first-order valence-corrected chi connectivity index (χ1v) is 12.3. The van der Waals surface area contributed by atoms with Gasteiger partial charge in [-0.3, -0.25) is 20.0 Å². The average Bonchev–Trinajstić information content (AvgIpc) is 3.27. The molecule has 0 spiro atoms. The van der Waals surface area contributed by atoms with Gasteiger partial charge < -0.3 is 9.47 Å². The number of nitrogens with one attached hydrogen (secondary N) is 1. The van der Waals surface area contributed by atoms with Crippen molar-refractivity contribution in [3.8, 4) is 11.5 Å². The van der Waals surface area contributed by atoms with Crippen molar-refractivity contribution in [1.29, 1.82) is 0 Å². The number of anilines is 1. The predicted molar refractivity (Wildman–Crippen MR) is 130 cm³/mol. The van der Waals surface area contributed by atoms with Gasteiger partial charge in [-0.1, -0.05) is 13.0 Å². The van der Waals surface area contributed by atoms with E-state index in [2.05, 4.69) is 27.1 Å². The number of ether oxygens (including phenoxy) is 2. The molecule has 4 rings (SSSR count). The van der Waals surface area contributed by atoms with Gasteiger partial charge in [-0.05, 0) is 63.0 Å². The first-order valence-electron chi connectivity index (χ1n) is 11.4. The van der Waals surface area contributed by atoms with Gasteiger partial charge in [-0.15, -0.1) is 11.3 Å². The van der Waals surface area contributed by atoms with Crippen LogP contribution < -0.4 is 14.8 Å². The number of hydrogen-bond acceptors (Lipinski definition) is 7. The monoisotopic (exact) mass is 466 g/mol. The summed E-state index contributed by atoms with van der Waals surface area (Å²) < 4.78 is 11.6. The molecule has 3 aromatic rings. The lowest BCUT2D eigenvalue weighted by Crippen LogP contribution is -2.32. The van der Waals surface area contributed by atoms with Gasteiger partial charge in [-0.25, -0.2) is 4.98 Å². The van der Waals surface area contributed by atoms with Crippen LogP contribution in [0.1, 0.15) is 48.3 Å². The van der Waals surface area contributed by atoms with Crippen LogP contribution in [0.5, 0.6) is 11.5 Å². The molecule has 1 saturated heterocycles. The Balaban J connectivity index is 1.37. The molecule has 1 amide bonds. The van der Waals surface area contributed by atoms with Crippen LogP contribution >= 0.6 is 11.3 Å². The van der Waals surface area contributed by atoms with Crippen LogP contribution in [0.15, 0.2) is 48.1 Å². The fourth-order valence-corrected chi connectivity index (χ4v) is 4.43. The fraction of sp³-hybridized carbons (Fsp3) is 0.400. The van der Waals surface area contributed by atoms with E-state index >= 15 is 0 Å². The summed E-state index contributed by atoms with van der Waals surface area (Å²) in [5.74, 6) is 1.71. The van der Waals surface area contributed by atoms with E-state index in [4.69, 9.17) is 9.47 Å². The van der Waals surface area contributed by atoms with Gasteiger partial charge in [0, 0.05) is 35.4 Å². The molecule has 1 aliphatic heterocycles. The summed E-state index contributed by atoms with van der Waals surface area (Å²) in [6, 6.07) is 9.03. The molecule has 3 heterocycles. The van der Waals surface area contributed by atoms with Gasteiger partial charge in [0.1, 0.15) is 6.61 Å². The SMILES string of the molecule is CCOc1cc(C(=O)Nc2nc(CN3CCC(C)CC3)cs2)ccc1OCc1cccnc1. The summed E-state index contributed by atoms with van der Waals surface area (Å²) in [6.07, 6.45) is 5.95. The minimum absolute atomic E-state index is 0.220. The zero-order valence-corrected chi connectivity index (χ0v) is 19.9. The zero-order chi connectivity index (χ0) is 23.0. The van der Waals surface area contributed by atoms with E-state index in [0.717, 1.165) is 36.8 Å². The van der Waals surface area contributed by atoms with Gasteiger partial charge in [0.2, 0.25) is 0 Å². The van der Waals surface area contributed by atoms with Crippen molar-refractivity contribution < 1.29 is 14.3 Å². The molecule has 174 valence electrons. The van der Waals surface area contributed by atoms with Gasteiger partial charge >= 0.3 is 0 Å². The number of hydrogen-bond donors (Lipinski definition) is 1. The summed E-state index contributed by atoms with van der Waals surface area (Å²) in [4.78, 5) is 24.0. The van der Waals surface area contributed by atoms with Crippen LogP contribution in [0.2, 0.25) is 0 Å². The van der Waals surface area contributed by atoms with E-state index in [0.29, 0.717) is 35.4 Å². The predicted octanol–water partition coefficient (Wildman–Crippen LogP) is 5.00. The number of nitrogens with zero attached hydrogens (tertiary/aromatic N) is 3. The first kappa shape index (κ1) is 23.2.